The molecule has 0 spiro atoms. The molecular formula is C13H15N5O2. The third-order valence-corrected chi connectivity index (χ3v) is 2.86. The number of amidine groups is 1. The highest BCUT2D eigenvalue weighted by molar-refractivity contribution is 5.97. The summed E-state index contributed by atoms with van der Waals surface area (Å²) in [5, 5.41) is 14.3. The van der Waals surface area contributed by atoms with Crippen LogP contribution in [0.1, 0.15) is 21.6 Å². The molecule has 0 aliphatic heterocycles. The van der Waals surface area contributed by atoms with E-state index in [2.05, 4.69) is 15.5 Å². The molecule has 7 heteroatoms. The minimum absolute atomic E-state index is 0.0514. The molecular weight excluding hydrogens is 258 g/mol. The summed E-state index contributed by atoms with van der Waals surface area (Å²) in [6.07, 6.45) is 3.08. The highest BCUT2D eigenvalue weighted by atomic mass is 16.4. The first-order valence-corrected chi connectivity index (χ1v) is 5.93. The summed E-state index contributed by atoms with van der Waals surface area (Å²) in [5.74, 6) is -0.138. The third kappa shape index (κ3) is 2.94. The molecule has 0 unspecified atom stereocenters. The molecule has 0 radical (unpaired) electrons. The van der Waals surface area contributed by atoms with Crippen molar-refractivity contribution in [2.24, 2.45) is 17.9 Å². The van der Waals surface area contributed by atoms with E-state index < -0.39 is 0 Å². The molecule has 0 saturated carbocycles. The van der Waals surface area contributed by atoms with Gasteiger partial charge in [-0.05, 0) is 5.56 Å². The van der Waals surface area contributed by atoms with E-state index in [4.69, 9.17) is 10.9 Å². The van der Waals surface area contributed by atoms with Crippen molar-refractivity contribution in [1.82, 2.24) is 14.9 Å². The Morgan fingerprint density at radius 1 is 1.45 bits per heavy atom. The first-order chi connectivity index (χ1) is 9.61. The zero-order valence-corrected chi connectivity index (χ0v) is 10.9. The van der Waals surface area contributed by atoms with Gasteiger partial charge in [-0.3, -0.25) is 4.79 Å². The lowest BCUT2D eigenvalue weighted by Crippen LogP contribution is -2.24. The number of amides is 1. The molecule has 0 fully saturated rings. The van der Waals surface area contributed by atoms with Crippen molar-refractivity contribution in [3.8, 4) is 0 Å². The van der Waals surface area contributed by atoms with Gasteiger partial charge in [0.2, 0.25) is 0 Å². The highest BCUT2D eigenvalue weighted by Crippen LogP contribution is 2.05. The maximum Gasteiger partial charge on any atom is 0.269 e. The van der Waals surface area contributed by atoms with Gasteiger partial charge in [0.25, 0.3) is 5.91 Å². The Labute approximate surface area is 115 Å². The van der Waals surface area contributed by atoms with Gasteiger partial charge < -0.3 is 20.8 Å². The average molecular weight is 273 g/mol. The van der Waals surface area contributed by atoms with Crippen molar-refractivity contribution < 1.29 is 10.0 Å². The summed E-state index contributed by atoms with van der Waals surface area (Å²) < 4.78 is 1.65. The highest BCUT2D eigenvalue weighted by Gasteiger charge is 2.09. The molecule has 0 aliphatic rings. The molecule has 1 aromatic heterocycles. The van der Waals surface area contributed by atoms with Crippen LogP contribution in [0.25, 0.3) is 0 Å². The molecule has 0 saturated heterocycles. The van der Waals surface area contributed by atoms with Crippen molar-refractivity contribution in [3.63, 3.8) is 0 Å². The lowest BCUT2D eigenvalue weighted by Gasteiger charge is -2.06. The lowest BCUT2D eigenvalue weighted by atomic mass is 10.1. The molecule has 0 aliphatic carbocycles. The van der Waals surface area contributed by atoms with Crippen LogP contribution in [0, 0.1) is 0 Å². The van der Waals surface area contributed by atoms with Gasteiger partial charge >= 0.3 is 0 Å². The van der Waals surface area contributed by atoms with E-state index in [1.54, 1.807) is 42.2 Å². The standard InChI is InChI=1S/C13H15N5O2/c1-18-8-15-7-11(18)13(19)16-6-9-2-4-10(5-3-9)12(14)17-20/h2-5,7-8,20H,6H2,1H3,(H2,14,17)(H,16,19). The molecule has 1 aromatic carbocycles. The van der Waals surface area contributed by atoms with Crippen LogP contribution in [0.4, 0.5) is 0 Å². The zero-order valence-electron chi connectivity index (χ0n) is 10.9. The molecule has 20 heavy (non-hydrogen) atoms. The van der Waals surface area contributed by atoms with Gasteiger partial charge in [-0.1, -0.05) is 29.4 Å². The first-order valence-electron chi connectivity index (χ1n) is 5.93. The summed E-state index contributed by atoms with van der Waals surface area (Å²) in [4.78, 5) is 15.8. The number of carbonyl (C=O) groups excluding carboxylic acids is 1. The Hall–Kier alpha value is -2.83. The van der Waals surface area contributed by atoms with E-state index >= 15 is 0 Å². The van der Waals surface area contributed by atoms with Crippen molar-refractivity contribution >= 4 is 11.7 Å². The normalized spacial score (nSPS) is 11.3. The number of imidazole rings is 1. The molecule has 2 aromatic rings. The number of hydrogen-bond donors (Lipinski definition) is 3. The van der Waals surface area contributed by atoms with Gasteiger partial charge in [0.05, 0.1) is 12.5 Å². The Morgan fingerprint density at radius 2 is 2.15 bits per heavy atom. The minimum atomic E-state index is -0.189. The predicted molar refractivity (Wildman–Crippen MR) is 73.3 cm³/mol. The Morgan fingerprint density at radius 3 is 2.70 bits per heavy atom. The number of nitrogens with zero attached hydrogens (tertiary/aromatic N) is 3. The van der Waals surface area contributed by atoms with Crippen LogP contribution in [0.15, 0.2) is 41.9 Å². The van der Waals surface area contributed by atoms with Crippen molar-refractivity contribution in [1.29, 1.82) is 0 Å². The fourth-order valence-corrected chi connectivity index (χ4v) is 1.70. The van der Waals surface area contributed by atoms with E-state index in [9.17, 15) is 4.79 Å². The number of oxime groups is 1. The van der Waals surface area contributed by atoms with E-state index in [0.717, 1.165) is 5.56 Å². The Balaban J connectivity index is 1.98. The van der Waals surface area contributed by atoms with Crippen LogP contribution >= 0.6 is 0 Å². The molecule has 0 atom stereocenters. The summed E-state index contributed by atoms with van der Waals surface area (Å²) >= 11 is 0. The van der Waals surface area contributed by atoms with E-state index in [-0.39, 0.29) is 11.7 Å². The smallest absolute Gasteiger partial charge is 0.269 e. The fourth-order valence-electron chi connectivity index (χ4n) is 1.70. The van der Waals surface area contributed by atoms with E-state index in [1.807, 2.05) is 0 Å². The van der Waals surface area contributed by atoms with Gasteiger partial charge in [0.15, 0.2) is 5.84 Å². The Kier molecular flexibility index (Phi) is 3.99. The number of rotatable bonds is 4. The first kappa shape index (κ1) is 13.6. The summed E-state index contributed by atoms with van der Waals surface area (Å²) in [6, 6.07) is 7.05. The molecule has 2 rings (SSSR count). The lowest BCUT2D eigenvalue weighted by molar-refractivity contribution is 0.0942. The fraction of sp³-hybridized carbons (Fsp3) is 0.154. The van der Waals surface area contributed by atoms with Gasteiger partial charge in [-0.2, -0.15) is 0 Å². The second-order valence-corrected chi connectivity index (χ2v) is 4.25. The number of nitrogens with two attached hydrogens (primary N) is 1. The molecule has 1 heterocycles. The second kappa shape index (κ2) is 5.87. The SMILES string of the molecule is Cn1cncc1C(=O)NCc1ccc(/C(N)=N/O)cc1. The number of nitrogens with one attached hydrogen (secondary N) is 1. The van der Waals surface area contributed by atoms with Gasteiger partial charge in [0, 0.05) is 19.2 Å². The van der Waals surface area contributed by atoms with Crippen LogP contribution in [-0.2, 0) is 13.6 Å². The van der Waals surface area contributed by atoms with E-state index in [0.29, 0.717) is 17.8 Å². The van der Waals surface area contributed by atoms with Crippen molar-refractivity contribution in [2.45, 2.75) is 6.54 Å². The quantitative estimate of drug-likeness (QED) is 0.325. The van der Waals surface area contributed by atoms with Crippen LogP contribution < -0.4 is 11.1 Å². The summed E-state index contributed by atoms with van der Waals surface area (Å²) in [7, 11) is 1.76. The number of hydrogen-bond acceptors (Lipinski definition) is 4. The number of aryl methyl sites for hydroxylation is 1. The number of benzene rings is 1. The van der Waals surface area contributed by atoms with Crippen molar-refractivity contribution in [3.05, 3.63) is 53.6 Å². The maximum absolute atomic E-state index is 11.9. The maximum atomic E-state index is 11.9. The van der Waals surface area contributed by atoms with Crippen LogP contribution in [0.2, 0.25) is 0 Å². The molecule has 0 bridgehead atoms. The molecule has 104 valence electrons. The van der Waals surface area contributed by atoms with Crippen LogP contribution in [-0.4, -0.2) is 26.5 Å². The predicted octanol–water partition coefficient (Wildman–Crippen LogP) is 0.445. The average Bonchev–Trinajstić information content (AvgIpc) is 2.90. The summed E-state index contributed by atoms with van der Waals surface area (Å²) in [6.45, 7) is 0.389. The summed E-state index contributed by atoms with van der Waals surface area (Å²) in [5.41, 5.74) is 7.50. The minimum Gasteiger partial charge on any atom is -0.409 e. The van der Waals surface area contributed by atoms with Gasteiger partial charge in [-0.15, -0.1) is 0 Å². The monoisotopic (exact) mass is 273 g/mol. The van der Waals surface area contributed by atoms with Crippen molar-refractivity contribution in [2.75, 3.05) is 0 Å². The van der Waals surface area contributed by atoms with Gasteiger partial charge in [0.1, 0.15) is 5.69 Å². The number of carbonyl (C=O) groups is 1. The molecule has 1 amide bonds. The Bertz CT molecular complexity index is 630. The zero-order chi connectivity index (χ0) is 14.5. The largest absolute Gasteiger partial charge is 0.409 e. The second-order valence-electron chi connectivity index (χ2n) is 4.25. The topological polar surface area (TPSA) is 106 Å². The van der Waals surface area contributed by atoms with E-state index in [1.165, 1.54) is 6.20 Å². The molecule has 7 nitrogen and oxygen atoms in total. The van der Waals surface area contributed by atoms with Crippen LogP contribution in [0.3, 0.4) is 0 Å². The molecule has 4 N–H and O–H groups in total. The third-order valence-electron chi connectivity index (χ3n) is 2.86. The van der Waals surface area contributed by atoms with Crippen LogP contribution in [0.5, 0.6) is 0 Å². The van der Waals surface area contributed by atoms with Gasteiger partial charge in [-0.25, -0.2) is 4.98 Å². The number of aromatic nitrogens is 2.